The summed E-state index contributed by atoms with van der Waals surface area (Å²) in [7, 11) is 0. The van der Waals surface area contributed by atoms with Gasteiger partial charge in [0, 0.05) is 12.1 Å². The fourth-order valence-electron chi connectivity index (χ4n) is 2.67. The SMILES string of the molecule is Cc1cccc(OCC2CN(C(=O)c3ccc(F)cc3)CCO2)c1. The van der Waals surface area contributed by atoms with E-state index in [1.54, 1.807) is 4.90 Å². The highest BCUT2D eigenvalue weighted by Gasteiger charge is 2.25. The van der Waals surface area contributed by atoms with E-state index < -0.39 is 0 Å². The van der Waals surface area contributed by atoms with Crippen molar-refractivity contribution in [2.24, 2.45) is 0 Å². The third-order valence-corrected chi connectivity index (χ3v) is 3.94. The molecule has 24 heavy (non-hydrogen) atoms. The second-order valence-corrected chi connectivity index (χ2v) is 5.88. The summed E-state index contributed by atoms with van der Waals surface area (Å²) in [4.78, 5) is 14.2. The van der Waals surface area contributed by atoms with Crippen LogP contribution in [-0.4, -0.2) is 43.2 Å². The van der Waals surface area contributed by atoms with Gasteiger partial charge in [-0.25, -0.2) is 4.39 Å². The van der Waals surface area contributed by atoms with Gasteiger partial charge in [-0.2, -0.15) is 0 Å². The number of hydrogen-bond acceptors (Lipinski definition) is 3. The lowest BCUT2D eigenvalue weighted by molar-refractivity contribution is -0.0401. The number of amides is 1. The summed E-state index contributed by atoms with van der Waals surface area (Å²) >= 11 is 0. The summed E-state index contributed by atoms with van der Waals surface area (Å²) in [5.41, 5.74) is 1.61. The number of rotatable bonds is 4. The summed E-state index contributed by atoms with van der Waals surface area (Å²) in [5, 5.41) is 0. The predicted molar refractivity (Wildman–Crippen MR) is 88.7 cm³/mol. The normalized spacial score (nSPS) is 17.6. The highest BCUT2D eigenvalue weighted by molar-refractivity contribution is 5.94. The fraction of sp³-hybridized carbons (Fsp3) is 0.316. The van der Waals surface area contributed by atoms with Gasteiger partial charge in [0.15, 0.2) is 0 Å². The van der Waals surface area contributed by atoms with Gasteiger partial charge in [-0.15, -0.1) is 0 Å². The molecule has 0 bridgehead atoms. The van der Waals surface area contributed by atoms with Crippen LogP contribution in [0.4, 0.5) is 4.39 Å². The predicted octanol–water partition coefficient (Wildman–Crippen LogP) is 3.05. The molecule has 1 aliphatic rings. The van der Waals surface area contributed by atoms with Crippen LogP contribution < -0.4 is 4.74 Å². The quantitative estimate of drug-likeness (QED) is 0.865. The van der Waals surface area contributed by atoms with E-state index in [0.29, 0.717) is 31.9 Å². The van der Waals surface area contributed by atoms with Crippen LogP contribution in [-0.2, 0) is 4.74 Å². The summed E-state index contributed by atoms with van der Waals surface area (Å²) in [6.07, 6.45) is -0.177. The van der Waals surface area contributed by atoms with E-state index in [0.717, 1.165) is 11.3 Å². The molecule has 1 atom stereocenters. The second kappa shape index (κ2) is 7.45. The number of halogens is 1. The molecule has 0 aromatic heterocycles. The summed E-state index contributed by atoms with van der Waals surface area (Å²) in [6.45, 7) is 3.84. The van der Waals surface area contributed by atoms with Crippen molar-refractivity contribution in [3.63, 3.8) is 0 Å². The number of hydrogen-bond donors (Lipinski definition) is 0. The molecule has 1 saturated heterocycles. The standard InChI is InChI=1S/C19H20FNO3/c1-14-3-2-4-17(11-14)24-13-18-12-21(9-10-23-18)19(22)15-5-7-16(20)8-6-15/h2-8,11,18H,9-10,12-13H2,1H3. The zero-order valence-corrected chi connectivity index (χ0v) is 13.6. The van der Waals surface area contributed by atoms with E-state index in [9.17, 15) is 9.18 Å². The number of benzene rings is 2. The highest BCUT2D eigenvalue weighted by Crippen LogP contribution is 2.15. The van der Waals surface area contributed by atoms with Crippen LogP contribution in [0, 0.1) is 12.7 Å². The number of carbonyl (C=O) groups excluding carboxylic acids is 1. The van der Waals surface area contributed by atoms with Crippen molar-refractivity contribution in [2.45, 2.75) is 13.0 Å². The lowest BCUT2D eigenvalue weighted by Crippen LogP contribution is -2.47. The minimum absolute atomic E-state index is 0.112. The van der Waals surface area contributed by atoms with Gasteiger partial charge in [-0.05, 0) is 48.9 Å². The van der Waals surface area contributed by atoms with Crippen molar-refractivity contribution in [1.29, 1.82) is 0 Å². The minimum Gasteiger partial charge on any atom is -0.491 e. The molecule has 0 aliphatic carbocycles. The lowest BCUT2D eigenvalue weighted by atomic mass is 10.1. The maximum atomic E-state index is 13.0. The van der Waals surface area contributed by atoms with E-state index in [4.69, 9.17) is 9.47 Å². The molecular formula is C19H20FNO3. The molecule has 1 unspecified atom stereocenters. The van der Waals surface area contributed by atoms with Gasteiger partial charge < -0.3 is 14.4 Å². The van der Waals surface area contributed by atoms with Crippen LogP contribution >= 0.6 is 0 Å². The molecule has 4 nitrogen and oxygen atoms in total. The number of nitrogens with zero attached hydrogens (tertiary/aromatic N) is 1. The molecule has 126 valence electrons. The first-order chi connectivity index (χ1) is 11.6. The Hall–Kier alpha value is -2.40. The van der Waals surface area contributed by atoms with Gasteiger partial charge in [0.2, 0.25) is 0 Å². The Balaban J connectivity index is 1.57. The molecular weight excluding hydrogens is 309 g/mol. The molecule has 3 rings (SSSR count). The zero-order valence-electron chi connectivity index (χ0n) is 13.6. The van der Waals surface area contributed by atoms with Crippen molar-refractivity contribution >= 4 is 5.91 Å². The Labute approximate surface area is 140 Å². The van der Waals surface area contributed by atoms with E-state index in [2.05, 4.69) is 0 Å². The van der Waals surface area contributed by atoms with Crippen LogP contribution in [0.25, 0.3) is 0 Å². The smallest absolute Gasteiger partial charge is 0.254 e. The third kappa shape index (κ3) is 4.11. The molecule has 1 aliphatic heterocycles. The van der Waals surface area contributed by atoms with Crippen molar-refractivity contribution in [1.82, 2.24) is 4.90 Å². The molecule has 2 aromatic carbocycles. The first-order valence-corrected chi connectivity index (χ1v) is 7.98. The van der Waals surface area contributed by atoms with E-state index >= 15 is 0 Å². The maximum Gasteiger partial charge on any atom is 0.254 e. The number of aryl methyl sites for hydroxylation is 1. The van der Waals surface area contributed by atoms with Crippen molar-refractivity contribution < 1.29 is 18.7 Å². The Bertz CT molecular complexity index is 702. The molecule has 5 heteroatoms. The average molecular weight is 329 g/mol. The highest BCUT2D eigenvalue weighted by atomic mass is 19.1. The number of carbonyl (C=O) groups is 1. The maximum absolute atomic E-state index is 13.0. The largest absolute Gasteiger partial charge is 0.491 e. The number of ether oxygens (including phenoxy) is 2. The Morgan fingerprint density at radius 1 is 1.29 bits per heavy atom. The molecule has 0 saturated carbocycles. The van der Waals surface area contributed by atoms with E-state index in [-0.39, 0.29) is 17.8 Å². The molecule has 0 spiro atoms. The first kappa shape index (κ1) is 16.5. The molecule has 1 fully saturated rings. The van der Waals surface area contributed by atoms with Gasteiger partial charge >= 0.3 is 0 Å². The fourth-order valence-corrected chi connectivity index (χ4v) is 2.67. The zero-order chi connectivity index (χ0) is 16.9. The second-order valence-electron chi connectivity index (χ2n) is 5.88. The van der Waals surface area contributed by atoms with Crippen LogP contribution in [0.5, 0.6) is 5.75 Å². The topological polar surface area (TPSA) is 38.8 Å². The van der Waals surface area contributed by atoms with Gasteiger partial charge in [0.1, 0.15) is 24.3 Å². The first-order valence-electron chi connectivity index (χ1n) is 7.98. The summed E-state index contributed by atoms with van der Waals surface area (Å²) in [5.74, 6) is 0.331. The Morgan fingerprint density at radius 3 is 2.83 bits per heavy atom. The van der Waals surface area contributed by atoms with Crippen LogP contribution in [0.2, 0.25) is 0 Å². The summed E-state index contributed by atoms with van der Waals surface area (Å²) < 4.78 is 24.4. The van der Waals surface area contributed by atoms with Crippen LogP contribution in [0.15, 0.2) is 48.5 Å². The molecule has 0 radical (unpaired) electrons. The van der Waals surface area contributed by atoms with Gasteiger partial charge in [0.25, 0.3) is 5.91 Å². The van der Waals surface area contributed by atoms with Gasteiger partial charge in [0.05, 0.1) is 13.2 Å². The van der Waals surface area contributed by atoms with E-state index in [1.165, 1.54) is 24.3 Å². The lowest BCUT2D eigenvalue weighted by Gasteiger charge is -2.33. The van der Waals surface area contributed by atoms with Crippen LogP contribution in [0.1, 0.15) is 15.9 Å². The van der Waals surface area contributed by atoms with Crippen molar-refractivity contribution in [3.8, 4) is 5.75 Å². The third-order valence-electron chi connectivity index (χ3n) is 3.94. The van der Waals surface area contributed by atoms with Gasteiger partial charge in [-0.3, -0.25) is 4.79 Å². The average Bonchev–Trinajstić information content (AvgIpc) is 2.60. The Morgan fingerprint density at radius 2 is 2.08 bits per heavy atom. The van der Waals surface area contributed by atoms with E-state index in [1.807, 2.05) is 31.2 Å². The van der Waals surface area contributed by atoms with Crippen LogP contribution in [0.3, 0.4) is 0 Å². The Kier molecular flexibility index (Phi) is 5.11. The van der Waals surface area contributed by atoms with Gasteiger partial charge in [-0.1, -0.05) is 12.1 Å². The summed E-state index contributed by atoms with van der Waals surface area (Å²) in [6, 6.07) is 13.4. The van der Waals surface area contributed by atoms with Crippen molar-refractivity contribution in [2.75, 3.05) is 26.3 Å². The molecule has 2 aromatic rings. The monoisotopic (exact) mass is 329 g/mol. The molecule has 1 amide bonds. The number of morpholine rings is 1. The van der Waals surface area contributed by atoms with Crippen molar-refractivity contribution in [3.05, 3.63) is 65.5 Å². The molecule has 1 heterocycles. The molecule has 0 N–H and O–H groups in total. The minimum atomic E-state index is -0.349.